The molecule has 0 fully saturated rings. The maximum absolute atomic E-state index is 12.6. The first kappa shape index (κ1) is 21.4. The molecule has 0 heterocycles. The molecule has 0 unspecified atom stereocenters. The third kappa shape index (κ3) is 5.84. The van der Waals surface area contributed by atoms with Gasteiger partial charge < -0.3 is 10.1 Å². The first-order chi connectivity index (χ1) is 14.3. The van der Waals surface area contributed by atoms with Gasteiger partial charge in [-0.15, -0.1) is 0 Å². The molecule has 3 aromatic rings. The van der Waals surface area contributed by atoms with E-state index in [4.69, 9.17) is 4.74 Å². The summed E-state index contributed by atoms with van der Waals surface area (Å²) >= 11 is 0. The minimum atomic E-state index is -3.74. The van der Waals surface area contributed by atoms with Gasteiger partial charge in [-0.3, -0.25) is 9.52 Å². The van der Waals surface area contributed by atoms with Crippen molar-refractivity contribution in [1.29, 1.82) is 0 Å². The van der Waals surface area contributed by atoms with E-state index in [1.165, 1.54) is 6.07 Å². The van der Waals surface area contributed by atoms with Crippen molar-refractivity contribution in [3.8, 4) is 5.75 Å². The minimum Gasteiger partial charge on any atom is -0.491 e. The molecule has 0 aliphatic carbocycles. The second-order valence-electron chi connectivity index (χ2n) is 7.00. The third-order valence-corrected chi connectivity index (χ3v) is 5.73. The van der Waals surface area contributed by atoms with Crippen LogP contribution in [0.1, 0.15) is 22.8 Å². The topological polar surface area (TPSA) is 84.5 Å². The summed E-state index contributed by atoms with van der Waals surface area (Å²) in [7, 11) is -3.74. The Balaban J connectivity index is 1.62. The summed E-state index contributed by atoms with van der Waals surface area (Å²) in [6, 6.07) is 22.0. The molecule has 0 aliphatic rings. The lowest BCUT2D eigenvalue weighted by molar-refractivity contribution is 0.0926. The Bertz CT molecular complexity index is 1100. The van der Waals surface area contributed by atoms with Crippen molar-refractivity contribution in [2.45, 2.75) is 24.8 Å². The molecule has 30 heavy (non-hydrogen) atoms. The number of hydrogen-bond acceptors (Lipinski definition) is 4. The van der Waals surface area contributed by atoms with E-state index in [0.29, 0.717) is 17.9 Å². The number of hydrogen-bond donors (Lipinski definition) is 2. The van der Waals surface area contributed by atoms with Gasteiger partial charge in [-0.2, -0.15) is 0 Å². The zero-order valence-electron chi connectivity index (χ0n) is 16.8. The minimum absolute atomic E-state index is 0.162. The Morgan fingerprint density at radius 2 is 1.67 bits per heavy atom. The number of amides is 1. The number of nitrogens with one attached hydrogen (secondary N) is 2. The van der Waals surface area contributed by atoms with Gasteiger partial charge in [0.25, 0.3) is 15.9 Å². The van der Waals surface area contributed by atoms with Gasteiger partial charge in [0.1, 0.15) is 12.4 Å². The molecule has 156 valence electrons. The van der Waals surface area contributed by atoms with Crippen molar-refractivity contribution in [2.24, 2.45) is 0 Å². The van der Waals surface area contributed by atoms with E-state index in [-0.39, 0.29) is 16.8 Å². The molecule has 3 aromatic carbocycles. The summed E-state index contributed by atoms with van der Waals surface area (Å²) in [5.74, 6) is 0.418. The Morgan fingerprint density at radius 3 is 2.37 bits per heavy atom. The van der Waals surface area contributed by atoms with Crippen LogP contribution in [0.25, 0.3) is 0 Å². The molecule has 1 atom stereocenters. The molecule has 1 amide bonds. The van der Waals surface area contributed by atoms with Crippen LogP contribution < -0.4 is 14.8 Å². The molecule has 7 heteroatoms. The van der Waals surface area contributed by atoms with Crippen LogP contribution in [0.2, 0.25) is 0 Å². The molecular formula is C23H24N2O4S. The average molecular weight is 425 g/mol. The normalized spacial score (nSPS) is 12.1. The zero-order valence-corrected chi connectivity index (χ0v) is 17.6. The fourth-order valence-corrected chi connectivity index (χ4v) is 3.79. The van der Waals surface area contributed by atoms with Crippen molar-refractivity contribution in [2.75, 3.05) is 11.3 Å². The first-order valence-electron chi connectivity index (χ1n) is 9.52. The van der Waals surface area contributed by atoms with Gasteiger partial charge in [-0.1, -0.05) is 42.0 Å². The quantitative estimate of drug-likeness (QED) is 0.573. The molecule has 0 aromatic heterocycles. The summed E-state index contributed by atoms with van der Waals surface area (Å²) < 4.78 is 33.3. The second-order valence-corrected chi connectivity index (χ2v) is 8.68. The maximum Gasteiger partial charge on any atom is 0.261 e. The molecule has 6 nitrogen and oxygen atoms in total. The maximum atomic E-state index is 12.6. The second kappa shape index (κ2) is 9.45. The lowest BCUT2D eigenvalue weighted by Gasteiger charge is -2.15. The monoisotopic (exact) mass is 424 g/mol. The van der Waals surface area contributed by atoms with Crippen molar-refractivity contribution < 1.29 is 17.9 Å². The fraction of sp³-hybridized carbons (Fsp3) is 0.174. The lowest BCUT2D eigenvalue weighted by Crippen LogP contribution is -2.36. The van der Waals surface area contributed by atoms with Gasteiger partial charge in [0.05, 0.1) is 10.9 Å². The van der Waals surface area contributed by atoms with Crippen LogP contribution in [0, 0.1) is 6.92 Å². The summed E-state index contributed by atoms with van der Waals surface area (Å²) in [5.41, 5.74) is 1.64. The van der Waals surface area contributed by atoms with Crippen molar-refractivity contribution in [1.82, 2.24) is 5.32 Å². The fourth-order valence-electron chi connectivity index (χ4n) is 2.74. The first-order valence-corrected chi connectivity index (χ1v) is 11.0. The highest BCUT2D eigenvalue weighted by Crippen LogP contribution is 2.18. The largest absolute Gasteiger partial charge is 0.491 e. The van der Waals surface area contributed by atoms with E-state index in [9.17, 15) is 13.2 Å². The van der Waals surface area contributed by atoms with Crippen LogP contribution in [0.3, 0.4) is 0 Å². The van der Waals surface area contributed by atoms with Crippen LogP contribution in [0.15, 0.2) is 83.8 Å². The van der Waals surface area contributed by atoms with Crippen LogP contribution in [-0.4, -0.2) is 27.0 Å². The smallest absolute Gasteiger partial charge is 0.261 e. The predicted octanol–water partition coefficient (Wildman–Crippen LogP) is 3.99. The van der Waals surface area contributed by atoms with Crippen molar-refractivity contribution in [3.63, 3.8) is 0 Å². The third-order valence-electron chi connectivity index (χ3n) is 4.33. The predicted molar refractivity (Wildman–Crippen MR) is 117 cm³/mol. The lowest BCUT2D eigenvalue weighted by atomic mass is 10.2. The Hall–Kier alpha value is -3.32. The number of ether oxygens (including phenoxy) is 1. The number of anilines is 1. The van der Waals surface area contributed by atoms with Crippen LogP contribution in [-0.2, 0) is 10.0 Å². The Morgan fingerprint density at radius 1 is 0.967 bits per heavy atom. The average Bonchev–Trinajstić information content (AvgIpc) is 2.73. The molecule has 2 N–H and O–H groups in total. The SMILES string of the molecule is Cc1ccc(S(=O)(=O)Nc2cccc(C(=O)N[C@H](C)COc3ccccc3)c2)cc1. The molecule has 3 rings (SSSR count). The van der Waals surface area contributed by atoms with Crippen molar-refractivity contribution in [3.05, 3.63) is 90.0 Å². The highest BCUT2D eigenvalue weighted by molar-refractivity contribution is 7.92. The number of aryl methyl sites for hydroxylation is 1. The molecule has 0 radical (unpaired) electrons. The van der Waals surface area contributed by atoms with Gasteiger partial charge in [0, 0.05) is 11.3 Å². The molecule has 0 bridgehead atoms. The number of benzene rings is 3. The number of sulfonamides is 1. The number of para-hydroxylation sites is 1. The Kier molecular flexibility index (Phi) is 6.74. The Labute approximate surface area is 177 Å². The molecule has 0 saturated carbocycles. The molecule has 0 spiro atoms. The highest BCUT2D eigenvalue weighted by atomic mass is 32.2. The standard InChI is InChI=1S/C23H24N2O4S/c1-17-11-13-22(14-12-17)30(27,28)25-20-8-6-7-19(15-20)23(26)24-18(2)16-29-21-9-4-3-5-10-21/h3-15,18,25H,16H2,1-2H3,(H,24,26)/t18-/m1/s1. The number of carbonyl (C=O) groups excluding carboxylic acids is 1. The van der Waals surface area contributed by atoms with Gasteiger partial charge in [0.15, 0.2) is 0 Å². The van der Waals surface area contributed by atoms with Crippen LogP contribution in [0.5, 0.6) is 5.75 Å². The zero-order chi connectivity index (χ0) is 21.6. The van der Waals surface area contributed by atoms with E-state index >= 15 is 0 Å². The summed E-state index contributed by atoms with van der Waals surface area (Å²) in [5, 5.41) is 2.85. The number of carbonyl (C=O) groups is 1. The van der Waals surface area contributed by atoms with E-state index in [0.717, 1.165) is 11.3 Å². The molecular weight excluding hydrogens is 400 g/mol. The van der Waals surface area contributed by atoms with E-state index in [2.05, 4.69) is 10.0 Å². The van der Waals surface area contributed by atoms with Crippen LogP contribution >= 0.6 is 0 Å². The summed E-state index contributed by atoms with van der Waals surface area (Å²) in [4.78, 5) is 12.7. The van der Waals surface area contributed by atoms with Gasteiger partial charge >= 0.3 is 0 Å². The molecule has 0 aliphatic heterocycles. The van der Waals surface area contributed by atoms with Crippen molar-refractivity contribution >= 4 is 21.6 Å². The summed E-state index contributed by atoms with van der Waals surface area (Å²) in [6.07, 6.45) is 0. The van der Waals surface area contributed by atoms with Gasteiger partial charge in [-0.25, -0.2) is 8.42 Å². The highest BCUT2D eigenvalue weighted by Gasteiger charge is 2.16. The number of rotatable bonds is 8. The summed E-state index contributed by atoms with van der Waals surface area (Å²) in [6.45, 7) is 4.04. The van der Waals surface area contributed by atoms with E-state index < -0.39 is 10.0 Å². The van der Waals surface area contributed by atoms with Crippen LogP contribution in [0.4, 0.5) is 5.69 Å². The van der Waals surface area contributed by atoms with E-state index in [1.54, 1.807) is 42.5 Å². The van der Waals surface area contributed by atoms with Gasteiger partial charge in [0.2, 0.25) is 0 Å². The van der Waals surface area contributed by atoms with Gasteiger partial charge in [-0.05, 0) is 56.3 Å². The molecule has 0 saturated heterocycles. The van der Waals surface area contributed by atoms with E-state index in [1.807, 2.05) is 44.2 Å².